The Balaban J connectivity index is 2.20. The Labute approximate surface area is 112 Å². The number of likely N-dealkylation sites (N-methyl/N-ethyl adjacent to an activating group) is 1. The fourth-order valence-electron chi connectivity index (χ4n) is 2.29. The SMILES string of the molecule is CNC(=O)C1CCCCN1C(=O)c1ccc(N)cn1. The fourth-order valence-corrected chi connectivity index (χ4v) is 2.29. The molecule has 6 heteroatoms. The van der Waals surface area contributed by atoms with Crippen molar-refractivity contribution < 1.29 is 9.59 Å². The van der Waals surface area contributed by atoms with Gasteiger partial charge in [-0.1, -0.05) is 0 Å². The van der Waals surface area contributed by atoms with Gasteiger partial charge in [-0.05, 0) is 31.4 Å². The van der Waals surface area contributed by atoms with Crippen molar-refractivity contribution in [3.05, 3.63) is 24.0 Å². The minimum Gasteiger partial charge on any atom is -0.397 e. The molecule has 1 atom stereocenters. The van der Waals surface area contributed by atoms with E-state index < -0.39 is 6.04 Å². The van der Waals surface area contributed by atoms with E-state index in [0.29, 0.717) is 24.3 Å². The van der Waals surface area contributed by atoms with Crippen LogP contribution in [0.15, 0.2) is 18.3 Å². The second-order valence-electron chi connectivity index (χ2n) is 4.60. The van der Waals surface area contributed by atoms with Crippen LogP contribution in [0.2, 0.25) is 0 Å². The predicted molar refractivity (Wildman–Crippen MR) is 71.4 cm³/mol. The molecule has 0 radical (unpaired) electrons. The van der Waals surface area contributed by atoms with Gasteiger partial charge >= 0.3 is 0 Å². The molecule has 1 unspecified atom stereocenters. The number of nitrogens with two attached hydrogens (primary N) is 1. The molecule has 19 heavy (non-hydrogen) atoms. The van der Waals surface area contributed by atoms with E-state index in [1.165, 1.54) is 6.20 Å². The van der Waals surface area contributed by atoms with Gasteiger partial charge in [-0.2, -0.15) is 0 Å². The molecule has 1 aliphatic rings. The molecule has 102 valence electrons. The Morgan fingerprint density at radius 3 is 2.84 bits per heavy atom. The monoisotopic (exact) mass is 262 g/mol. The number of anilines is 1. The van der Waals surface area contributed by atoms with Crippen LogP contribution in [0.3, 0.4) is 0 Å². The van der Waals surface area contributed by atoms with Crippen molar-refractivity contribution in [2.24, 2.45) is 0 Å². The lowest BCUT2D eigenvalue weighted by molar-refractivity contribution is -0.126. The number of pyridine rings is 1. The van der Waals surface area contributed by atoms with Crippen molar-refractivity contribution in [1.29, 1.82) is 0 Å². The molecular weight excluding hydrogens is 244 g/mol. The summed E-state index contributed by atoms with van der Waals surface area (Å²) in [7, 11) is 1.58. The van der Waals surface area contributed by atoms with Crippen molar-refractivity contribution in [3.63, 3.8) is 0 Å². The first-order valence-electron chi connectivity index (χ1n) is 6.37. The quantitative estimate of drug-likeness (QED) is 0.807. The summed E-state index contributed by atoms with van der Waals surface area (Å²) in [5.41, 5.74) is 6.39. The minimum atomic E-state index is -0.398. The van der Waals surface area contributed by atoms with Gasteiger partial charge in [-0.15, -0.1) is 0 Å². The van der Waals surface area contributed by atoms with Crippen molar-refractivity contribution in [2.45, 2.75) is 25.3 Å². The first-order chi connectivity index (χ1) is 9.13. The number of nitrogens with one attached hydrogen (secondary N) is 1. The van der Waals surface area contributed by atoms with Crippen LogP contribution in [-0.2, 0) is 4.79 Å². The molecule has 0 saturated carbocycles. The first-order valence-corrected chi connectivity index (χ1v) is 6.37. The highest BCUT2D eigenvalue weighted by atomic mass is 16.2. The summed E-state index contributed by atoms with van der Waals surface area (Å²) in [6.07, 6.45) is 4.01. The van der Waals surface area contributed by atoms with E-state index >= 15 is 0 Å². The number of carbonyl (C=O) groups excluding carboxylic acids is 2. The molecule has 1 aromatic rings. The van der Waals surface area contributed by atoms with E-state index in [1.54, 1.807) is 24.1 Å². The van der Waals surface area contributed by atoms with Crippen LogP contribution in [0.5, 0.6) is 0 Å². The Morgan fingerprint density at radius 2 is 2.21 bits per heavy atom. The molecule has 6 nitrogen and oxygen atoms in total. The number of aromatic nitrogens is 1. The average Bonchev–Trinajstić information content (AvgIpc) is 2.46. The van der Waals surface area contributed by atoms with Gasteiger partial charge < -0.3 is 16.0 Å². The third-order valence-electron chi connectivity index (χ3n) is 3.32. The number of hydrogen-bond acceptors (Lipinski definition) is 4. The topological polar surface area (TPSA) is 88.3 Å². The largest absolute Gasteiger partial charge is 0.397 e. The lowest BCUT2D eigenvalue weighted by Crippen LogP contribution is -2.51. The normalized spacial score (nSPS) is 19.0. The highest BCUT2D eigenvalue weighted by Crippen LogP contribution is 2.19. The van der Waals surface area contributed by atoms with Crippen LogP contribution in [-0.4, -0.2) is 41.3 Å². The average molecular weight is 262 g/mol. The molecule has 1 fully saturated rings. The Bertz CT molecular complexity index is 472. The predicted octanol–water partition coefficient (Wildman–Crippen LogP) is 0.404. The molecule has 2 rings (SSSR count). The number of likely N-dealkylation sites (tertiary alicyclic amines) is 1. The first kappa shape index (κ1) is 13.3. The smallest absolute Gasteiger partial charge is 0.273 e. The lowest BCUT2D eigenvalue weighted by atomic mass is 10.0. The molecule has 0 spiro atoms. The molecule has 2 amide bonds. The Kier molecular flexibility index (Phi) is 3.99. The van der Waals surface area contributed by atoms with Crippen molar-refractivity contribution in [2.75, 3.05) is 19.3 Å². The van der Waals surface area contributed by atoms with Crippen LogP contribution in [0.4, 0.5) is 5.69 Å². The van der Waals surface area contributed by atoms with Gasteiger partial charge in [0, 0.05) is 13.6 Å². The summed E-state index contributed by atoms with van der Waals surface area (Å²) in [4.78, 5) is 29.8. The van der Waals surface area contributed by atoms with Crippen LogP contribution >= 0.6 is 0 Å². The third kappa shape index (κ3) is 2.83. The number of amides is 2. The van der Waals surface area contributed by atoms with E-state index in [9.17, 15) is 9.59 Å². The number of nitrogen functional groups attached to an aromatic ring is 1. The Morgan fingerprint density at radius 1 is 1.42 bits per heavy atom. The minimum absolute atomic E-state index is 0.122. The fraction of sp³-hybridized carbons (Fsp3) is 0.462. The molecule has 1 saturated heterocycles. The Hall–Kier alpha value is -2.11. The summed E-state index contributed by atoms with van der Waals surface area (Å²) in [6, 6.07) is 2.83. The molecular formula is C13H18N4O2. The second kappa shape index (κ2) is 5.69. The molecule has 1 aliphatic heterocycles. The van der Waals surface area contributed by atoms with E-state index in [-0.39, 0.29) is 11.8 Å². The van der Waals surface area contributed by atoms with Gasteiger partial charge in [-0.3, -0.25) is 9.59 Å². The molecule has 0 bridgehead atoms. The maximum absolute atomic E-state index is 12.4. The van der Waals surface area contributed by atoms with Crippen LogP contribution in [0, 0.1) is 0 Å². The lowest BCUT2D eigenvalue weighted by Gasteiger charge is -2.34. The number of hydrogen-bond donors (Lipinski definition) is 2. The zero-order valence-corrected chi connectivity index (χ0v) is 10.9. The number of rotatable bonds is 2. The van der Waals surface area contributed by atoms with Crippen LogP contribution in [0.1, 0.15) is 29.8 Å². The molecule has 3 N–H and O–H groups in total. The highest BCUT2D eigenvalue weighted by Gasteiger charge is 2.32. The van der Waals surface area contributed by atoms with Gasteiger partial charge in [0.25, 0.3) is 5.91 Å². The van der Waals surface area contributed by atoms with Crippen molar-refractivity contribution >= 4 is 17.5 Å². The maximum Gasteiger partial charge on any atom is 0.273 e. The van der Waals surface area contributed by atoms with Gasteiger partial charge in [0.2, 0.25) is 5.91 Å². The molecule has 1 aromatic heterocycles. The van der Waals surface area contributed by atoms with Crippen molar-refractivity contribution in [1.82, 2.24) is 15.2 Å². The number of nitrogens with zero attached hydrogens (tertiary/aromatic N) is 2. The third-order valence-corrected chi connectivity index (χ3v) is 3.32. The van der Waals surface area contributed by atoms with E-state index in [1.807, 2.05) is 0 Å². The van der Waals surface area contributed by atoms with Crippen LogP contribution in [0.25, 0.3) is 0 Å². The second-order valence-corrected chi connectivity index (χ2v) is 4.60. The van der Waals surface area contributed by atoms with Gasteiger partial charge in [0.05, 0.1) is 11.9 Å². The summed E-state index contributed by atoms with van der Waals surface area (Å²) in [5.74, 6) is -0.336. The van der Waals surface area contributed by atoms with Crippen molar-refractivity contribution in [3.8, 4) is 0 Å². The summed E-state index contributed by atoms with van der Waals surface area (Å²) >= 11 is 0. The zero-order chi connectivity index (χ0) is 13.8. The highest BCUT2D eigenvalue weighted by molar-refractivity contribution is 5.96. The number of carbonyl (C=O) groups is 2. The van der Waals surface area contributed by atoms with E-state index in [4.69, 9.17) is 5.73 Å². The van der Waals surface area contributed by atoms with Gasteiger partial charge in [-0.25, -0.2) is 4.98 Å². The molecule has 0 aromatic carbocycles. The number of piperidine rings is 1. The van der Waals surface area contributed by atoms with E-state index in [2.05, 4.69) is 10.3 Å². The summed E-state index contributed by atoms with van der Waals surface area (Å²) in [5, 5.41) is 2.61. The van der Waals surface area contributed by atoms with E-state index in [0.717, 1.165) is 12.8 Å². The van der Waals surface area contributed by atoms with Gasteiger partial charge in [0.15, 0.2) is 0 Å². The van der Waals surface area contributed by atoms with Gasteiger partial charge in [0.1, 0.15) is 11.7 Å². The maximum atomic E-state index is 12.4. The summed E-state index contributed by atoms with van der Waals surface area (Å²) < 4.78 is 0. The standard InChI is InChI=1S/C13H18N4O2/c1-15-12(18)11-4-2-3-7-17(11)13(19)10-6-5-9(14)8-16-10/h5-6,8,11H,2-4,7,14H2,1H3,(H,15,18). The van der Waals surface area contributed by atoms with Crippen LogP contribution < -0.4 is 11.1 Å². The molecule has 0 aliphatic carbocycles. The molecule has 2 heterocycles. The summed E-state index contributed by atoms with van der Waals surface area (Å²) in [6.45, 7) is 0.586. The zero-order valence-electron chi connectivity index (χ0n) is 10.9.